The van der Waals surface area contributed by atoms with Crippen LogP contribution in [0.4, 0.5) is 10.1 Å². The van der Waals surface area contributed by atoms with E-state index in [1.807, 2.05) is 6.07 Å². The molecule has 0 unspecified atom stereocenters. The first kappa shape index (κ1) is 26.9. The summed E-state index contributed by atoms with van der Waals surface area (Å²) in [4.78, 5) is 22.8. The third kappa shape index (κ3) is 4.72. The lowest BCUT2D eigenvalue weighted by atomic mass is 9.45. The molecule has 2 bridgehead atoms. The number of aromatic nitrogens is 5. The Morgan fingerprint density at radius 1 is 1.17 bits per heavy atom. The van der Waals surface area contributed by atoms with Crippen molar-refractivity contribution >= 4 is 22.5 Å². The Bertz CT molecular complexity index is 1670. The van der Waals surface area contributed by atoms with Crippen LogP contribution in [-0.4, -0.2) is 43.5 Å². The first-order chi connectivity index (χ1) is 19.7. The molecule has 0 saturated heterocycles. The van der Waals surface area contributed by atoms with E-state index >= 15 is 0 Å². The average molecular weight is 559 g/mol. The highest BCUT2D eigenvalue weighted by Crippen LogP contribution is 2.61. The highest BCUT2D eigenvalue weighted by molar-refractivity contribution is 5.96. The van der Waals surface area contributed by atoms with Crippen molar-refractivity contribution in [2.24, 2.45) is 33.9 Å². The highest BCUT2D eigenvalue weighted by atomic mass is 19.1. The molecule has 2 aromatic carbocycles. The molecule has 0 radical (unpaired) electrons. The first-order valence-corrected chi connectivity index (χ1v) is 14.0. The SMILES string of the molecule is COc1ccc(CCn2cnc3cc(N(C(N)=N[C@H]4C[C@@H]5C[C@H]([C@@H]4C)C5(C)C)n4cnnc4)ccc3c2=O)c(F)c1. The Kier molecular flexibility index (Phi) is 6.75. The van der Waals surface area contributed by atoms with Crippen LogP contribution in [0.25, 0.3) is 10.9 Å². The molecule has 2 aromatic heterocycles. The molecule has 0 amide bonds. The maximum absolute atomic E-state index is 14.4. The molecule has 3 aliphatic carbocycles. The number of nitrogens with zero attached hydrogens (tertiary/aromatic N) is 7. The summed E-state index contributed by atoms with van der Waals surface area (Å²) in [5.74, 6) is 2.13. The van der Waals surface area contributed by atoms with Gasteiger partial charge in [-0.25, -0.2) is 24.1 Å². The second-order valence-electron chi connectivity index (χ2n) is 11.8. The highest BCUT2D eigenvalue weighted by Gasteiger charge is 2.56. The molecule has 4 atom stereocenters. The second-order valence-corrected chi connectivity index (χ2v) is 11.8. The van der Waals surface area contributed by atoms with E-state index in [1.54, 1.807) is 46.6 Å². The number of ether oxygens (including phenoxy) is 1. The second kappa shape index (κ2) is 10.3. The summed E-state index contributed by atoms with van der Waals surface area (Å²) < 4.78 is 22.6. The zero-order valence-electron chi connectivity index (χ0n) is 23.7. The fourth-order valence-electron chi connectivity index (χ4n) is 6.74. The predicted molar refractivity (Wildman–Crippen MR) is 155 cm³/mol. The molecule has 4 aromatic rings. The van der Waals surface area contributed by atoms with Crippen LogP contribution in [0.5, 0.6) is 5.75 Å². The van der Waals surface area contributed by atoms with Gasteiger partial charge < -0.3 is 10.5 Å². The molecule has 2 N–H and O–H groups in total. The van der Waals surface area contributed by atoms with Crippen molar-refractivity contribution < 1.29 is 9.13 Å². The number of fused-ring (bicyclic) bond motifs is 3. The smallest absolute Gasteiger partial charge is 0.261 e. The number of anilines is 1. The van der Waals surface area contributed by atoms with Crippen LogP contribution in [0.1, 0.15) is 39.2 Å². The van der Waals surface area contributed by atoms with E-state index < -0.39 is 0 Å². The Balaban J connectivity index is 1.27. The number of hydrogen-bond donors (Lipinski definition) is 1. The molecular formula is C30H35FN8O2. The van der Waals surface area contributed by atoms with Crippen molar-refractivity contribution in [1.29, 1.82) is 0 Å². The number of halogens is 1. The molecule has 2 heterocycles. The lowest BCUT2D eigenvalue weighted by Crippen LogP contribution is -2.57. The van der Waals surface area contributed by atoms with Crippen LogP contribution < -0.4 is 21.0 Å². The van der Waals surface area contributed by atoms with Gasteiger partial charge >= 0.3 is 0 Å². The van der Waals surface area contributed by atoms with Gasteiger partial charge in [0.15, 0.2) is 0 Å². The minimum Gasteiger partial charge on any atom is -0.497 e. The van der Waals surface area contributed by atoms with Crippen molar-refractivity contribution in [1.82, 2.24) is 24.4 Å². The van der Waals surface area contributed by atoms with Gasteiger partial charge in [-0.1, -0.05) is 26.8 Å². The fraction of sp³-hybridized carbons (Fsp3) is 0.433. The third-order valence-corrected chi connectivity index (χ3v) is 9.40. The van der Waals surface area contributed by atoms with Crippen molar-refractivity contribution in [2.45, 2.75) is 52.6 Å². The maximum atomic E-state index is 14.4. The Morgan fingerprint density at radius 3 is 2.63 bits per heavy atom. The summed E-state index contributed by atoms with van der Waals surface area (Å²) in [6.07, 6.45) is 7.23. The normalized spacial score (nSPS) is 23.3. The van der Waals surface area contributed by atoms with Gasteiger partial charge in [-0.2, -0.15) is 0 Å². The van der Waals surface area contributed by atoms with Gasteiger partial charge in [-0.15, -0.1) is 10.2 Å². The molecule has 11 heteroatoms. The van der Waals surface area contributed by atoms with Gasteiger partial charge in [0, 0.05) is 12.6 Å². The number of guanidine groups is 1. The van der Waals surface area contributed by atoms with Crippen molar-refractivity contribution in [3.8, 4) is 5.75 Å². The Morgan fingerprint density at radius 2 is 1.95 bits per heavy atom. The minimum atomic E-state index is -0.368. The standard InChI is InChI=1S/C30H35FN8O2/c1-18-24-11-20(30(24,2)3)12-26(18)36-29(32)39(38-16-34-35-17-38)21-6-8-23-27(13-21)33-15-37(28(23)40)10-9-19-5-7-22(41-4)14-25(19)31/h5-8,13-18,20,24,26H,9-12H2,1-4H3,(H2,32,36)/t18-,20-,24+,26-/m0/s1. The summed E-state index contributed by atoms with van der Waals surface area (Å²) in [6.45, 7) is 7.29. The molecule has 41 heavy (non-hydrogen) atoms. The van der Waals surface area contributed by atoms with Gasteiger partial charge in [0.05, 0.1) is 36.1 Å². The van der Waals surface area contributed by atoms with E-state index in [9.17, 15) is 9.18 Å². The number of benzene rings is 2. The quantitative estimate of drug-likeness (QED) is 0.269. The molecule has 214 valence electrons. The number of aliphatic imine (C=N–C) groups is 1. The number of nitrogens with two attached hydrogens (primary N) is 1. The fourth-order valence-corrected chi connectivity index (χ4v) is 6.74. The molecule has 7 rings (SSSR count). The van der Waals surface area contributed by atoms with Crippen molar-refractivity contribution in [3.05, 3.63) is 77.1 Å². The number of aryl methyl sites for hydroxylation is 2. The monoisotopic (exact) mass is 558 g/mol. The van der Waals surface area contributed by atoms with Gasteiger partial charge in [0.2, 0.25) is 5.96 Å². The van der Waals surface area contributed by atoms with Gasteiger partial charge in [-0.05, 0) is 72.3 Å². The van der Waals surface area contributed by atoms with E-state index in [-0.39, 0.29) is 24.0 Å². The predicted octanol–water partition coefficient (Wildman–Crippen LogP) is 4.03. The van der Waals surface area contributed by atoms with Crippen molar-refractivity contribution in [2.75, 3.05) is 12.1 Å². The molecule has 10 nitrogen and oxygen atoms in total. The van der Waals surface area contributed by atoms with Crippen LogP contribution >= 0.6 is 0 Å². The molecule has 0 spiro atoms. The summed E-state index contributed by atoms with van der Waals surface area (Å²) in [7, 11) is 1.49. The lowest BCUT2D eigenvalue weighted by molar-refractivity contribution is -0.108. The zero-order chi connectivity index (χ0) is 28.9. The number of rotatable bonds is 7. The Labute approximate surface area is 237 Å². The van der Waals surface area contributed by atoms with E-state index in [2.05, 4.69) is 36.0 Å². The zero-order valence-corrected chi connectivity index (χ0v) is 23.7. The van der Waals surface area contributed by atoms with Crippen LogP contribution in [0.3, 0.4) is 0 Å². The van der Waals surface area contributed by atoms with Crippen LogP contribution in [0.2, 0.25) is 0 Å². The minimum absolute atomic E-state index is 0.132. The molecule has 0 aliphatic heterocycles. The molecule has 3 fully saturated rings. The molecule has 3 aliphatic rings. The summed E-state index contributed by atoms with van der Waals surface area (Å²) in [6, 6.07) is 10.2. The van der Waals surface area contributed by atoms with Crippen LogP contribution in [-0.2, 0) is 13.0 Å². The Hall–Kier alpha value is -4.28. The van der Waals surface area contributed by atoms with Crippen LogP contribution in [0, 0.1) is 29.0 Å². The maximum Gasteiger partial charge on any atom is 0.261 e. The largest absolute Gasteiger partial charge is 0.497 e. The van der Waals surface area contributed by atoms with Gasteiger partial charge in [0.1, 0.15) is 24.2 Å². The summed E-state index contributed by atoms with van der Waals surface area (Å²) >= 11 is 0. The van der Waals surface area contributed by atoms with Crippen LogP contribution in [0.15, 0.2) is 65.2 Å². The average Bonchev–Trinajstić information content (AvgIpc) is 3.48. The van der Waals surface area contributed by atoms with Gasteiger partial charge in [0.25, 0.3) is 5.56 Å². The topological polar surface area (TPSA) is 116 Å². The van der Waals surface area contributed by atoms with E-state index in [0.717, 1.165) is 6.42 Å². The number of methoxy groups -OCH3 is 1. The summed E-state index contributed by atoms with van der Waals surface area (Å²) in [5, 5.41) is 10.1. The third-order valence-electron chi connectivity index (χ3n) is 9.40. The number of hydrogen-bond acceptors (Lipinski definition) is 6. The lowest BCUT2D eigenvalue weighted by Gasteiger charge is -2.61. The molecular weight excluding hydrogens is 523 g/mol. The van der Waals surface area contributed by atoms with E-state index in [1.165, 1.54) is 30.5 Å². The van der Waals surface area contributed by atoms with Gasteiger partial charge in [-0.3, -0.25) is 9.36 Å². The first-order valence-electron chi connectivity index (χ1n) is 14.0. The van der Waals surface area contributed by atoms with Crippen molar-refractivity contribution in [3.63, 3.8) is 0 Å². The summed E-state index contributed by atoms with van der Waals surface area (Å²) in [5.41, 5.74) is 8.50. The molecule has 3 saturated carbocycles. The van der Waals surface area contributed by atoms with E-state index in [4.69, 9.17) is 15.5 Å². The van der Waals surface area contributed by atoms with E-state index in [0.29, 0.717) is 63.5 Å².